The number of carbonyl (C=O) groups is 1. The van der Waals surface area contributed by atoms with Crippen LogP contribution in [0.4, 0.5) is 10.5 Å². The molecule has 0 aliphatic carbocycles. The van der Waals surface area contributed by atoms with Crippen molar-refractivity contribution in [3.63, 3.8) is 0 Å². The summed E-state index contributed by atoms with van der Waals surface area (Å²) < 4.78 is 0. The van der Waals surface area contributed by atoms with Crippen molar-refractivity contribution in [3.8, 4) is 0 Å². The number of hydrogen-bond donors (Lipinski definition) is 1. The Labute approximate surface area is 63.0 Å². The Morgan fingerprint density at radius 1 is 1.70 bits per heavy atom. The van der Waals surface area contributed by atoms with Crippen molar-refractivity contribution < 1.29 is 4.79 Å². The summed E-state index contributed by atoms with van der Waals surface area (Å²) in [6, 6.07) is 3.41. The summed E-state index contributed by atoms with van der Waals surface area (Å²) in [6.07, 6.45) is 3.13. The molecule has 1 aromatic rings. The maximum atomic E-state index is 10.2. The average molecular weight is 157 g/mol. The van der Waals surface area contributed by atoms with Gasteiger partial charge in [-0.1, -0.05) is 0 Å². The van der Waals surface area contributed by atoms with Crippen LogP contribution in [0.15, 0.2) is 24.5 Å². The minimum absolute atomic E-state index is 0.600. The molecule has 1 rings (SSSR count). The Kier molecular flexibility index (Phi) is 2.23. The summed E-state index contributed by atoms with van der Waals surface area (Å²) in [6.45, 7) is 0. The zero-order valence-corrected chi connectivity index (χ0v) is 5.80. The van der Waals surface area contributed by atoms with Crippen molar-refractivity contribution >= 4 is 22.7 Å². The number of anilines is 1. The third-order valence-electron chi connectivity index (χ3n) is 0.904. The quantitative estimate of drug-likeness (QED) is 0.498. The van der Waals surface area contributed by atoms with E-state index in [1.807, 2.05) is 0 Å². The highest BCUT2D eigenvalue weighted by Crippen LogP contribution is 2.02. The lowest BCUT2D eigenvalue weighted by Crippen LogP contribution is -2.00. The maximum Gasteiger partial charge on any atom is 0.318 e. The van der Waals surface area contributed by atoms with Crippen LogP contribution in [0, 0.1) is 0 Å². The van der Waals surface area contributed by atoms with Crippen LogP contribution in [-0.2, 0) is 0 Å². The van der Waals surface area contributed by atoms with Crippen molar-refractivity contribution in [2.24, 2.45) is 0 Å². The average Bonchev–Trinajstić information content (AvgIpc) is 1.88. The molecule has 0 bridgehead atoms. The highest BCUT2D eigenvalue weighted by Gasteiger charge is 1.93. The van der Waals surface area contributed by atoms with E-state index in [4.69, 9.17) is 11.6 Å². The van der Waals surface area contributed by atoms with E-state index in [0.717, 1.165) is 0 Å². The zero-order chi connectivity index (χ0) is 7.40. The zero-order valence-electron chi connectivity index (χ0n) is 5.04. The van der Waals surface area contributed by atoms with Crippen LogP contribution in [0.2, 0.25) is 0 Å². The van der Waals surface area contributed by atoms with Gasteiger partial charge in [-0.05, 0) is 23.7 Å². The standard InChI is InChI=1S/C6H5ClN2O/c7-6(10)9-5-2-1-3-8-4-5/h1-4H,(H,9,10). The maximum absolute atomic E-state index is 10.2. The molecule has 1 N–H and O–H groups in total. The largest absolute Gasteiger partial charge is 0.318 e. The fourth-order valence-electron chi connectivity index (χ4n) is 0.550. The predicted molar refractivity (Wildman–Crippen MR) is 39.1 cm³/mol. The highest BCUT2D eigenvalue weighted by molar-refractivity contribution is 6.65. The molecule has 1 heterocycles. The third-order valence-corrected chi connectivity index (χ3v) is 0.999. The molecule has 0 atom stereocenters. The number of pyridine rings is 1. The lowest BCUT2D eigenvalue weighted by atomic mass is 10.4. The first-order chi connectivity index (χ1) is 4.79. The third kappa shape index (κ3) is 2.03. The molecule has 0 fully saturated rings. The van der Waals surface area contributed by atoms with Gasteiger partial charge >= 0.3 is 5.37 Å². The van der Waals surface area contributed by atoms with E-state index in [1.165, 1.54) is 6.20 Å². The van der Waals surface area contributed by atoms with Crippen molar-refractivity contribution in [2.45, 2.75) is 0 Å². The Balaban J connectivity index is 2.67. The Hall–Kier alpha value is -1.09. The number of aromatic nitrogens is 1. The van der Waals surface area contributed by atoms with Gasteiger partial charge in [-0.3, -0.25) is 9.78 Å². The topological polar surface area (TPSA) is 42.0 Å². The van der Waals surface area contributed by atoms with Crippen LogP contribution in [0.25, 0.3) is 0 Å². The number of rotatable bonds is 1. The van der Waals surface area contributed by atoms with E-state index < -0.39 is 5.37 Å². The van der Waals surface area contributed by atoms with E-state index in [-0.39, 0.29) is 0 Å². The summed E-state index contributed by atoms with van der Waals surface area (Å²) in [5.74, 6) is 0. The molecule has 0 radical (unpaired) electrons. The molecule has 0 unspecified atom stereocenters. The number of nitrogens with zero attached hydrogens (tertiary/aromatic N) is 1. The first kappa shape index (κ1) is 7.02. The molecule has 10 heavy (non-hydrogen) atoms. The van der Waals surface area contributed by atoms with Crippen molar-refractivity contribution in [2.75, 3.05) is 5.32 Å². The van der Waals surface area contributed by atoms with E-state index in [0.29, 0.717) is 5.69 Å². The van der Waals surface area contributed by atoms with Gasteiger partial charge < -0.3 is 5.32 Å². The summed E-state index contributed by atoms with van der Waals surface area (Å²) >= 11 is 5.03. The van der Waals surface area contributed by atoms with Gasteiger partial charge in [0.05, 0.1) is 11.9 Å². The molecule has 0 saturated heterocycles. The molecular weight excluding hydrogens is 152 g/mol. The van der Waals surface area contributed by atoms with Crippen LogP contribution in [0.1, 0.15) is 0 Å². The van der Waals surface area contributed by atoms with Crippen LogP contribution in [0.3, 0.4) is 0 Å². The second-order valence-corrected chi connectivity index (χ2v) is 1.98. The van der Waals surface area contributed by atoms with Gasteiger partial charge in [-0.2, -0.15) is 0 Å². The summed E-state index contributed by atoms with van der Waals surface area (Å²) in [7, 11) is 0. The van der Waals surface area contributed by atoms with Crippen molar-refractivity contribution in [1.29, 1.82) is 0 Å². The van der Waals surface area contributed by atoms with Crippen molar-refractivity contribution in [1.82, 2.24) is 4.98 Å². The minimum atomic E-state index is -0.604. The molecule has 1 aromatic heterocycles. The summed E-state index contributed by atoms with van der Waals surface area (Å²) in [4.78, 5) is 14.0. The number of carbonyl (C=O) groups excluding carboxylic acids is 1. The monoisotopic (exact) mass is 156 g/mol. The molecule has 0 spiro atoms. The van der Waals surface area contributed by atoms with Gasteiger partial charge in [0.1, 0.15) is 0 Å². The number of amides is 1. The number of halogens is 1. The molecule has 0 saturated carbocycles. The normalized spacial score (nSPS) is 8.90. The molecule has 0 aromatic carbocycles. The molecule has 52 valence electrons. The van der Waals surface area contributed by atoms with E-state index in [9.17, 15) is 4.79 Å². The van der Waals surface area contributed by atoms with Gasteiger partial charge in [-0.25, -0.2) is 0 Å². The smallest absolute Gasteiger partial charge is 0.311 e. The van der Waals surface area contributed by atoms with Crippen LogP contribution in [0.5, 0.6) is 0 Å². The molecule has 3 nitrogen and oxygen atoms in total. The Bertz CT molecular complexity index is 224. The minimum Gasteiger partial charge on any atom is -0.311 e. The fraction of sp³-hybridized carbons (Fsp3) is 0. The summed E-state index contributed by atoms with van der Waals surface area (Å²) in [5.41, 5.74) is 0.600. The van der Waals surface area contributed by atoms with Gasteiger partial charge in [0, 0.05) is 6.20 Å². The summed E-state index contributed by atoms with van der Waals surface area (Å²) in [5, 5.41) is 1.77. The van der Waals surface area contributed by atoms with E-state index >= 15 is 0 Å². The number of hydrogen-bond acceptors (Lipinski definition) is 2. The van der Waals surface area contributed by atoms with Crippen LogP contribution < -0.4 is 5.32 Å². The second-order valence-electron chi connectivity index (χ2n) is 1.64. The second kappa shape index (κ2) is 3.17. The lowest BCUT2D eigenvalue weighted by Gasteiger charge is -1.95. The van der Waals surface area contributed by atoms with Crippen LogP contribution >= 0.6 is 11.6 Å². The van der Waals surface area contributed by atoms with Gasteiger partial charge in [0.2, 0.25) is 0 Å². The first-order valence-corrected chi connectivity index (χ1v) is 3.03. The van der Waals surface area contributed by atoms with Gasteiger partial charge in [0.15, 0.2) is 0 Å². The van der Waals surface area contributed by atoms with E-state index in [2.05, 4.69) is 10.3 Å². The number of nitrogens with one attached hydrogen (secondary N) is 1. The van der Waals surface area contributed by atoms with E-state index in [1.54, 1.807) is 18.3 Å². The van der Waals surface area contributed by atoms with Gasteiger partial charge in [0.25, 0.3) is 0 Å². The fourth-order valence-corrected chi connectivity index (χ4v) is 0.659. The van der Waals surface area contributed by atoms with Crippen LogP contribution in [-0.4, -0.2) is 10.4 Å². The molecular formula is C6H5ClN2O. The Morgan fingerprint density at radius 2 is 2.50 bits per heavy atom. The lowest BCUT2D eigenvalue weighted by molar-refractivity contribution is 0.269. The van der Waals surface area contributed by atoms with Crippen molar-refractivity contribution in [3.05, 3.63) is 24.5 Å². The predicted octanol–water partition coefficient (Wildman–Crippen LogP) is 1.85. The molecule has 1 amide bonds. The SMILES string of the molecule is O=C(Cl)Nc1cccnc1. The Morgan fingerprint density at radius 3 is 3.00 bits per heavy atom. The molecule has 0 aliphatic heterocycles. The first-order valence-electron chi connectivity index (χ1n) is 2.65. The highest BCUT2D eigenvalue weighted by atomic mass is 35.5. The van der Waals surface area contributed by atoms with Gasteiger partial charge in [-0.15, -0.1) is 0 Å². The molecule has 4 heteroatoms. The molecule has 0 aliphatic rings.